The van der Waals surface area contributed by atoms with E-state index in [1.807, 2.05) is 12.1 Å². The van der Waals surface area contributed by atoms with E-state index in [0.717, 1.165) is 12.5 Å². The normalized spacial score (nSPS) is 29.6. The Morgan fingerprint density at radius 2 is 2.00 bits per heavy atom. The zero-order valence-corrected chi connectivity index (χ0v) is 10.6. The minimum Gasteiger partial charge on any atom is -0.402 e. The number of hydrogen-bond acceptors (Lipinski definition) is 1. The zero-order valence-electron chi connectivity index (χ0n) is 9.56. The van der Waals surface area contributed by atoms with Gasteiger partial charge in [-0.2, -0.15) is 0 Å². The summed E-state index contributed by atoms with van der Waals surface area (Å²) in [4.78, 5) is 0. The fraction of sp³-hybridized carbons (Fsp3) is 0.286. The summed E-state index contributed by atoms with van der Waals surface area (Å²) < 4.78 is 6.26. The molecule has 2 rings (SSSR count). The van der Waals surface area contributed by atoms with Gasteiger partial charge in [0, 0.05) is 0 Å². The van der Waals surface area contributed by atoms with Gasteiger partial charge in [-0.1, -0.05) is 48.5 Å². The lowest BCUT2D eigenvalue weighted by atomic mass is 10.2. The Morgan fingerprint density at radius 1 is 1.25 bits per heavy atom. The van der Waals surface area contributed by atoms with Crippen molar-refractivity contribution < 1.29 is 4.43 Å². The molecule has 0 aliphatic carbocycles. The van der Waals surface area contributed by atoms with Crippen molar-refractivity contribution in [1.29, 1.82) is 0 Å². The van der Waals surface area contributed by atoms with Crippen LogP contribution in [-0.2, 0) is 4.43 Å². The van der Waals surface area contributed by atoms with Crippen LogP contribution in [0.4, 0.5) is 0 Å². The molecule has 0 saturated carbocycles. The molecule has 0 radical (unpaired) electrons. The second-order valence-electron chi connectivity index (χ2n) is 4.24. The first kappa shape index (κ1) is 11.4. The molecular weight excluding hydrogens is 212 g/mol. The minimum absolute atomic E-state index is 0.207. The van der Waals surface area contributed by atoms with Crippen LogP contribution in [0.5, 0.6) is 0 Å². The van der Waals surface area contributed by atoms with E-state index in [-0.39, 0.29) is 6.10 Å². The van der Waals surface area contributed by atoms with Gasteiger partial charge in [-0.25, -0.2) is 0 Å². The van der Waals surface area contributed by atoms with Gasteiger partial charge in [-0.05, 0) is 17.7 Å². The van der Waals surface area contributed by atoms with Gasteiger partial charge in [0.15, 0.2) is 0 Å². The van der Waals surface area contributed by atoms with Crippen LogP contribution in [0.2, 0.25) is 6.04 Å². The average molecular weight is 230 g/mol. The van der Waals surface area contributed by atoms with Crippen LogP contribution in [0.1, 0.15) is 12.8 Å². The molecule has 1 aliphatic heterocycles. The predicted octanol–water partition coefficient (Wildman–Crippen LogP) is 2.93. The van der Waals surface area contributed by atoms with Gasteiger partial charge in [0.2, 0.25) is 8.32 Å². The first-order valence-corrected chi connectivity index (χ1v) is 7.99. The summed E-state index contributed by atoms with van der Waals surface area (Å²) in [6.07, 6.45) is 4.44. The van der Waals surface area contributed by atoms with Crippen molar-refractivity contribution in [2.75, 3.05) is 0 Å². The maximum atomic E-state index is 6.26. The molecule has 16 heavy (non-hydrogen) atoms. The molecule has 0 amide bonds. The SMILES string of the molecule is C=CC1CCC[Si](C=C)(c2ccccc2)O1. The highest BCUT2D eigenvalue weighted by Gasteiger charge is 2.38. The molecule has 2 heteroatoms. The van der Waals surface area contributed by atoms with E-state index in [9.17, 15) is 0 Å². The van der Waals surface area contributed by atoms with Gasteiger partial charge in [0.1, 0.15) is 0 Å². The number of rotatable bonds is 3. The lowest BCUT2D eigenvalue weighted by Gasteiger charge is -2.36. The minimum atomic E-state index is -1.92. The third-order valence-electron chi connectivity index (χ3n) is 3.25. The molecule has 84 valence electrons. The first-order valence-electron chi connectivity index (χ1n) is 5.80. The predicted molar refractivity (Wildman–Crippen MR) is 71.1 cm³/mol. The summed E-state index contributed by atoms with van der Waals surface area (Å²) in [5.41, 5.74) is 2.07. The molecular formula is C14H18OSi. The summed E-state index contributed by atoms with van der Waals surface area (Å²) >= 11 is 0. The summed E-state index contributed by atoms with van der Waals surface area (Å²) in [5.74, 6) is 0. The van der Waals surface area contributed by atoms with Crippen molar-refractivity contribution in [1.82, 2.24) is 0 Å². The lowest BCUT2D eigenvalue weighted by molar-refractivity contribution is 0.212. The molecule has 1 aliphatic rings. The summed E-state index contributed by atoms with van der Waals surface area (Å²) in [7, 11) is -1.92. The Labute approximate surface area is 98.6 Å². The third-order valence-corrected chi connectivity index (χ3v) is 7.04. The van der Waals surface area contributed by atoms with Crippen LogP contribution < -0.4 is 5.19 Å². The molecule has 2 unspecified atom stereocenters. The third kappa shape index (κ3) is 2.03. The van der Waals surface area contributed by atoms with Crippen molar-refractivity contribution in [3.63, 3.8) is 0 Å². The van der Waals surface area contributed by atoms with Crippen molar-refractivity contribution >= 4 is 13.5 Å². The highest BCUT2D eigenvalue weighted by atomic mass is 28.4. The molecule has 1 aromatic carbocycles. The highest BCUT2D eigenvalue weighted by Crippen LogP contribution is 2.27. The summed E-state index contributed by atoms with van der Waals surface area (Å²) in [5, 5.41) is 1.33. The molecule has 1 aromatic rings. The maximum Gasteiger partial charge on any atom is 0.248 e. The fourth-order valence-electron chi connectivity index (χ4n) is 2.32. The molecule has 2 atom stereocenters. The van der Waals surface area contributed by atoms with Crippen LogP contribution in [0.3, 0.4) is 0 Å². The zero-order chi connectivity index (χ0) is 11.4. The molecule has 0 aromatic heterocycles. The number of benzene rings is 1. The smallest absolute Gasteiger partial charge is 0.248 e. The monoisotopic (exact) mass is 230 g/mol. The average Bonchev–Trinajstić information content (AvgIpc) is 2.39. The van der Waals surface area contributed by atoms with Crippen molar-refractivity contribution in [2.24, 2.45) is 0 Å². The highest BCUT2D eigenvalue weighted by molar-refractivity contribution is 6.90. The Kier molecular flexibility index (Phi) is 3.41. The van der Waals surface area contributed by atoms with E-state index >= 15 is 0 Å². The van der Waals surface area contributed by atoms with E-state index in [4.69, 9.17) is 4.43 Å². The van der Waals surface area contributed by atoms with Crippen LogP contribution in [0.15, 0.2) is 55.3 Å². The number of hydrogen-bond donors (Lipinski definition) is 0. The Hall–Kier alpha value is -1.12. The first-order chi connectivity index (χ1) is 7.80. The van der Waals surface area contributed by atoms with Crippen molar-refractivity contribution in [3.8, 4) is 0 Å². The Morgan fingerprint density at radius 3 is 2.62 bits per heavy atom. The van der Waals surface area contributed by atoms with E-state index in [1.165, 1.54) is 11.6 Å². The van der Waals surface area contributed by atoms with E-state index in [1.54, 1.807) is 0 Å². The fourth-order valence-corrected chi connectivity index (χ4v) is 5.64. The quantitative estimate of drug-likeness (QED) is 0.573. The van der Waals surface area contributed by atoms with Gasteiger partial charge in [-0.3, -0.25) is 0 Å². The Bertz CT molecular complexity index is 374. The molecule has 0 bridgehead atoms. The van der Waals surface area contributed by atoms with Crippen LogP contribution in [0.25, 0.3) is 0 Å². The van der Waals surface area contributed by atoms with E-state index in [2.05, 4.69) is 43.1 Å². The van der Waals surface area contributed by atoms with Gasteiger partial charge in [0.25, 0.3) is 0 Å². The molecule has 0 spiro atoms. The molecule has 1 fully saturated rings. The Balaban J connectivity index is 2.32. The van der Waals surface area contributed by atoms with Crippen molar-refractivity contribution in [2.45, 2.75) is 25.0 Å². The van der Waals surface area contributed by atoms with Crippen LogP contribution >= 0.6 is 0 Å². The summed E-state index contributed by atoms with van der Waals surface area (Å²) in [6.45, 7) is 7.84. The van der Waals surface area contributed by atoms with Gasteiger partial charge < -0.3 is 4.43 Å². The summed E-state index contributed by atoms with van der Waals surface area (Å²) in [6, 6.07) is 11.7. The lowest BCUT2D eigenvalue weighted by Crippen LogP contribution is -2.53. The topological polar surface area (TPSA) is 9.23 Å². The molecule has 1 nitrogen and oxygen atoms in total. The second kappa shape index (κ2) is 4.81. The van der Waals surface area contributed by atoms with E-state index in [0.29, 0.717) is 0 Å². The van der Waals surface area contributed by atoms with Crippen LogP contribution in [-0.4, -0.2) is 14.4 Å². The van der Waals surface area contributed by atoms with Gasteiger partial charge in [0.05, 0.1) is 6.10 Å². The standard InChI is InChI=1S/C14H18OSi/c1-3-13-9-8-12-16(4-2,15-13)14-10-6-5-7-11-14/h3-7,10-11,13H,1-2,8-9,12H2. The van der Waals surface area contributed by atoms with E-state index < -0.39 is 8.32 Å². The largest absolute Gasteiger partial charge is 0.402 e. The molecule has 0 N–H and O–H groups in total. The van der Waals surface area contributed by atoms with Gasteiger partial charge in [-0.15, -0.1) is 13.2 Å². The molecule has 1 heterocycles. The maximum absolute atomic E-state index is 6.26. The second-order valence-corrected chi connectivity index (χ2v) is 7.74. The molecule has 1 saturated heterocycles. The van der Waals surface area contributed by atoms with Crippen molar-refractivity contribution in [3.05, 3.63) is 55.3 Å². The van der Waals surface area contributed by atoms with Gasteiger partial charge >= 0.3 is 0 Å². The van der Waals surface area contributed by atoms with Crippen LogP contribution in [0, 0.1) is 0 Å².